The van der Waals surface area contributed by atoms with Crippen LogP contribution >= 0.6 is 0 Å². The van der Waals surface area contributed by atoms with Crippen LogP contribution in [0.25, 0.3) is 0 Å². The van der Waals surface area contributed by atoms with Crippen LogP contribution in [0.5, 0.6) is 6.01 Å². The standard InChI is InChI=1S/C20H25F3N6O2/c1-3-14-8-16(20(21,22)23)29-17(26-14)9-15(27-29)12-4-6-28(7-5-12)18(30)13-10-24-19(31-2)25-11-13/h9-12,14,16,26H,3-8H2,1-2H3/t14-,16-/m1/s1. The lowest BCUT2D eigenvalue weighted by Gasteiger charge is -2.32. The van der Waals surface area contributed by atoms with Gasteiger partial charge in [0.1, 0.15) is 5.82 Å². The third-order valence-electron chi connectivity index (χ3n) is 6.04. The number of fused-ring (bicyclic) bond motifs is 1. The van der Waals surface area contributed by atoms with Crippen molar-refractivity contribution in [2.24, 2.45) is 0 Å². The number of rotatable bonds is 4. The first-order valence-electron chi connectivity index (χ1n) is 10.4. The second-order valence-corrected chi connectivity index (χ2v) is 7.97. The molecule has 1 saturated heterocycles. The van der Waals surface area contributed by atoms with E-state index in [0.29, 0.717) is 49.4 Å². The molecule has 0 spiro atoms. The third-order valence-corrected chi connectivity index (χ3v) is 6.04. The number of likely N-dealkylation sites (tertiary alicyclic amines) is 1. The van der Waals surface area contributed by atoms with Crippen LogP contribution < -0.4 is 10.1 Å². The van der Waals surface area contributed by atoms with Crippen LogP contribution in [-0.2, 0) is 0 Å². The summed E-state index contributed by atoms with van der Waals surface area (Å²) in [5.41, 5.74) is 1.02. The van der Waals surface area contributed by atoms with Gasteiger partial charge in [0.15, 0.2) is 6.04 Å². The SMILES string of the molecule is CC[C@@H]1C[C@H](C(F)(F)F)n2nc(C3CCN(C(=O)c4cnc(OC)nc4)CC3)cc2N1. The van der Waals surface area contributed by atoms with Crippen molar-refractivity contribution in [1.29, 1.82) is 0 Å². The molecular formula is C20H25F3N6O2. The molecule has 0 saturated carbocycles. The highest BCUT2D eigenvalue weighted by atomic mass is 19.4. The number of anilines is 1. The highest BCUT2D eigenvalue weighted by Crippen LogP contribution is 2.41. The largest absolute Gasteiger partial charge is 0.467 e. The highest BCUT2D eigenvalue weighted by Gasteiger charge is 2.46. The summed E-state index contributed by atoms with van der Waals surface area (Å²) in [5.74, 6) is 0.254. The number of piperidine rings is 1. The molecule has 31 heavy (non-hydrogen) atoms. The molecule has 2 aromatic rings. The normalized spacial score (nSPS) is 22.0. The summed E-state index contributed by atoms with van der Waals surface area (Å²) in [7, 11) is 1.45. The molecule has 2 atom stereocenters. The van der Waals surface area contributed by atoms with E-state index in [2.05, 4.69) is 20.4 Å². The molecule has 4 heterocycles. The lowest BCUT2D eigenvalue weighted by Crippen LogP contribution is -2.39. The number of methoxy groups -OCH3 is 1. The van der Waals surface area contributed by atoms with Crippen LogP contribution in [0.3, 0.4) is 0 Å². The minimum absolute atomic E-state index is 0.00466. The van der Waals surface area contributed by atoms with E-state index in [1.165, 1.54) is 19.5 Å². The molecule has 0 unspecified atom stereocenters. The summed E-state index contributed by atoms with van der Waals surface area (Å²) in [4.78, 5) is 22.3. The second-order valence-electron chi connectivity index (χ2n) is 7.97. The van der Waals surface area contributed by atoms with Crippen molar-refractivity contribution in [2.75, 3.05) is 25.5 Å². The van der Waals surface area contributed by atoms with Gasteiger partial charge in [-0.2, -0.15) is 18.3 Å². The van der Waals surface area contributed by atoms with Crippen molar-refractivity contribution in [3.8, 4) is 6.01 Å². The smallest absolute Gasteiger partial charge is 0.410 e. The monoisotopic (exact) mass is 438 g/mol. The Kier molecular flexibility index (Phi) is 5.76. The molecule has 1 fully saturated rings. The zero-order valence-corrected chi connectivity index (χ0v) is 17.4. The maximum absolute atomic E-state index is 13.6. The summed E-state index contributed by atoms with van der Waals surface area (Å²) in [6.45, 7) is 2.86. The van der Waals surface area contributed by atoms with Gasteiger partial charge in [-0.25, -0.2) is 14.6 Å². The van der Waals surface area contributed by atoms with Crippen molar-refractivity contribution in [3.05, 3.63) is 29.7 Å². The summed E-state index contributed by atoms with van der Waals surface area (Å²) < 4.78 is 46.7. The molecule has 2 aromatic heterocycles. The van der Waals surface area contributed by atoms with Gasteiger partial charge >= 0.3 is 12.2 Å². The molecule has 168 valence electrons. The van der Waals surface area contributed by atoms with Crippen molar-refractivity contribution in [1.82, 2.24) is 24.6 Å². The van der Waals surface area contributed by atoms with Crippen LogP contribution in [0, 0.1) is 0 Å². The summed E-state index contributed by atoms with van der Waals surface area (Å²) in [5, 5.41) is 7.51. The molecule has 2 aliphatic rings. The molecule has 0 radical (unpaired) electrons. The average molecular weight is 438 g/mol. The number of carbonyl (C=O) groups is 1. The maximum Gasteiger partial charge on any atom is 0.410 e. The predicted molar refractivity (Wildman–Crippen MR) is 106 cm³/mol. The zero-order valence-electron chi connectivity index (χ0n) is 17.4. The number of halogens is 3. The van der Waals surface area contributed by atoms with Crippen LogP contribution in [-0.4, -0.2) is 63.0 Å². The number of carbonyl (C=O) groups excluding carboxylic acids is 1. The molecule has 11 heteroatoms. The van der Waals surface area contributed by atoms with Gasteiger partial charge in [-0.3, -0.25) is 4.79 Å². The Morgan fingerprint density at radius 2 is 1.94 bits per heavy atom. The van der Waals surface area contributed by atoms with Crippen molar-refractivity contribution in [2.45, 2.75) is 56.8 Å². The Balaban J connectivity index is 1.44. The average Bonchev–Trinajstić information content (AvgIpc) is 3.21. The number of aromatic nitrogens is 4. The van der Waals surface area contributed by atoms with Gasteiger partial charge in [0.2, 0.25) is 0 Å². The number of hydrogen-bond donors (Lipinski definition) is 1. The second kappa shape index (κ2) is 8.35. The first kappa shape index (κ1) is 21.4. The quantitative estimate of drug-likeness (QED) is 0.788. The minimum Gasteiger partial charge on any atom is -0.467 e. The molecule has 1 amide bonds. The van der Waals surface area contributed by atoms with Crippen LogP contribution in [0.1, 0.15) is 60.6 Å². The van der Waals surface area contributed by atoms with Gasteiger partial charge in [-0.1, -0.05) is 6.92 Å². The van der Waals surface area contributed by atoms with E-state index in [9.17, 15) is 18.0 Å². The third kappa shape index (κ3) is 4.31. The Morgan fingerprint density at radius 3 is 2.52 bits per heavy atom. The fourth-order valence-corrected chi connectivity index (χ4v) is 4.23. The van der Waals surface area contributed by atoms with Crippen LogP contribution in [0.15, 0.2) is 18.5 Å². The Bertz CT molecular complexity index is 922. The molecule has 2 aliphatic heterocycles. The number of amides is 1. The lowest BCUT2D eigenvalue weighted by atomic mass is 9.93. The van der Waals surface area contributed by atoms with E-state index in [4.69, 9.17) is 4.74 Å². The number of hydrogen-bond acceptors (Lipinski definition) is 6. The van der Waals surface area contributed by atoms with Gasteiger partial charge in [0.05, 0.1) is 18.4 Å². The van der Waals surface area contributed by atoms with E-state index in [1.54, 1.807) is 11.0 Å². The van der Waals surface area contributed by atoms with E-state index in [-0.39, 0.29) is 30.3 Å². The maximum atomic E-state index is 13.6. The fraction of sp³-hybridized carbons (Fsp3) is 0.600. The van der Waals surface area contributed by atoms with Crippen molar-refractivity contribution in [3.63, 3.8) is 0 Å². The van der Waals surface area contributed by atoms with Gasteiger partial charge in [0.25, 0.3) is 5.91 Å². The van der Waals surface area contributed by atoms with Gasteiger partial charge < -0.3 is 15.0 Å². The number of ether oxygens (including phenoxy) is 1. The Labute approximate surface area is 177 Å². The summed E-state index contributed by atoms with van der Waals surface area (Å²) in [6.07, 6.45) is 0.366. The van der Waals surface area contributed by atoms with E-state index in [1.807, 2.05) is 6.92 Å². The minimum atomic E-state index is -4.34. The summed E-state index contributed by atoms with van der Waals surface area (Å²) >= 11 is 0. The first-order chi connectivity index (χ1) is 14.8. The number of nitrogens with one attached hydrogen (secondary N) is 1. The highest BCUT2D eigenvalue weighted by molar-refractivity contribution is 5.93. The Hall–Kier alpha value is -2.85. The van der Waals surface area contributed by atoms with E-state index in [0.717, 1.165) is 4.68 Å². The van der Waals surface area contributed by atoms with Gasteiger partial charge in [-0.05, 0) is 25.7 Å². The lowest BCUT2D eigenvalue weighted by molar-refractivity contribution is -0.173. The Morgan fingerprint density at radius 1 is 1.26 bits per heavy atom. The molecule has 8 nitrogen and oxygen atoms in total. The van der Waals surface area contributed by atoms with Crippen LogP contribution in [0.2, 0.25) is 0 Å². The predicted octanol–water partition coefficient (Wildman–Crippen LogP) is 3.40. The first-order valence-corrected chi connectivity index (χ1v) is 10.4. The number of nitrogens with zero attached hydrogens (tertiary/aromatic N) is 5. The molecule has 4 rings (SSSR count). The molecule has 1 N–H and O–H groups in total. The van der Waals surface area contributed by atoms with Gasteiger partial charge in [0, 0.05) is 43.5 Å². The van der Waals surface area contributed by atoms with Crippen LogP contribution in [0.4, 0.5) is 19.0 Å². The van der Waals surface area contributed by atoms with E-state index < -0.39 is 12.2 Å². The van der Waals surface area contributed by atoms with Crippen molar-refractivity contribution >= 4 is 11.7 Å². The van der Waals surface area contributed by atoms with Crippen molar-refractivity contribution < 1.29 is 22.7 Å². The molecule has 0 aliphatic carbocycles. The fourth-order valence-electron chi connectivity index (χ4n) is 4.23. The molecular weight excluding hydrogens is 413 g/mol. The zero-order chi connectivity index (χ0) is 22.2. The van der Waals surface area contributed by atoms with E-state index >= 15 is 0 Å². The molecule has 0 aromatic carbocycles. The number of alkyl halides is 3. The summed E-state index contributed by atoms with van der Waals surface area (Å²) in [6, 6.07) is 0.0872. The molecule has 0 bridgehead atoms. The topological polar surface area (TPSA) is 85.2 Å². The van der Waals surface area contributed by atoms with Gasteiger partial charge in [-0.15, -0.1) is 0 Å².